The van der Waals surface area contributed by atoms with Gasteiger partial charge in [0.05, 0.1) is 11.3 Å². The summed E-state index contributed by atoms with van der Waals surface area (Å²) in [7, 11) is 0. The number of carbonyl (C=O) groups excluding carboxylic acids is 1. The van der Waals surface area contributed by atoms with Gasteiger partial charge in [0, 0.05) is 13.1 Å². The number of rotatable bonds is 6. The van der Waals surface area contributed by atoms with Crippen LogP contribution in [0.4, 0.5) is 10.3 Å². The molecule has 0 saturated heterocycles. The van der Waals surface area contributed by atoms with Gasteiger partial charge >= 0.3 is 0 Å². The van der Waals surface area contributed by atoms with Crippen molar-refractivity contribution in [1.82, 2.24) is 25.5 Å². The number of hydrogen-bond donors (Lipinski definition) is 2. The van der Waals surface area contributed by atoms with E-state index in [-0.39, 0.29) is 5.56 Å². The van der Waals surface area contributed by atoms with E-state index in [4.69, 9.17) is 0 Å². The van der Waals surface area contributed by atoms with Crippen molar-refractivity contribution in [3.05, 3.63) is 65.5 Å². The minimum Gasteiger partial charge on any atom is -0.351 e. The van der Waals surface area contributed by atoms with Crippen molar-refractivity contribution in [1.29, 1.82) is 0 Å². The number of aryl methyl sites for hydroxylation is 1. The summed E-state index contributed by atoms with van der Waals surface area (Å²) in [6.45, 7) is 2.70. The first kappa shape index (κ1) is 16.6. The first-order valence-corrected chi connectivity index (χ1v) is 7.77. The summed E-state index contributed by atoms with van der Waals surface area (Å²) in [6.07, 6.45) is 0. The van der Waals surface area contributed by atoms with Crippen molar-refractivity contribution in [2.24, 2.45) is 0 Å². The van der Waals surface area contributed by atoms with Crippen LogP contribution in [0.3, 0.4) is 0 Å². The maximum atomic E-state index is 13.5. The number of tetrazole rings is 1. The molecule has 0 unspecified atom stereocenters. The summed E-state index contributed by atoms with van der Waals surface area (Å²) in [4.78, 5) is 11.9. The number of amides is 1. The zero-order chi connectivity index (χ0) is 17.6. The fraction of sp³-hybridized carbons (Fsp3) is 0.176. The second kappa shape index (κ2) is 7.52. The van der Waals surface area contributed by atoms with E-state index in [1.54, 1.807) is 16.8 Å². The topological polar surface area (TPSA) is 84.7 Å². The van der Waals surface area contributed by atoms with Gasteiger partial charge in [-0.3, -0.25) is 4.79 Å². The average Bonchev–Trinajstić information content (AvgIpc) is 3.08. The van der Waals surface area contributed by atoms with Crippen LogP contribution in [0.1, 0.15) is 15.9 Å². The number of anilines is 1. The van der Waals surface area contributed by atoms with Crippen LogP contribution in [0.5, 0.6) is 0 Å². The van der Waals surface area contributed by atoms with Crippen molar-refractivity contribution in [3.63, 3.8) is 0 Å². The van der Waals surface area contributed by atoms with Crippen molar-refractivity contribution in [2.45, 2.75) is 6.92 Å². The molecule has 0 spiro atoms. The summed E-state index contributed by atoms with van der Waals surface area (Å²) >= 11 is 0. The molecule has 1 aromatic heterocycles. The highest BCUT2D eigenvalue weighted by Gasteiger charge is 2.11. The van der Waals surface area contributed by atoms with Crippen molar-refractivity contribution in [2.75, 3.05) is 18.4 Å². The Morgan fingerprint density at radius 2 is 1.88 bits per heavy atom. The minimum absolute atomic E-state index is 0.0204. The first-order chi connectivity index (χ1) is 12.1. The Kier molecular flexibility index (Phi) is 4.98. The van der Waals surface area contributed by atoms with Crippen LogP contribution in [0.2, 0.25) is 0 Å². The molecule has 1 amide bonds. The molecule has 2 N–H and O–H groups in total. The predicted molar refractivity (Wildman–Crippen MR) is 91.1 cm³/mol. The number of hydrogen-bond acceptors (Lipinski definition) is 5. The molecule has 7 nitrogen and oxygen atoms in total. The summed E-state index contributed by atoms with van der Waals surface area (Å²) < 4.78 is 15.1. The Bertz CT molecular complexity index is 862. The van der Waals surface area contributed by atoms with Gasteiger partial charge in [-0.1, -0.05) is 34.9 Å². The lowest BCUT2D eigenvalue weighted by Crippen LogP contribution is -2.29. The standard InChI is InChI=1S/C17H17FN6O/c1-12-6-8-13(9-7-12)24-17(21-22-23-24)20-11-10-19-16(25)14-4-2-3-5-15(14)18/h2-9H,10-11H2,1H3,(H,19,25)(H,20,21,23). The van der Waals surface area contributed by atoms with E-state index in [1.807, 2.05) is 31.2 Å². The highest BCUT2D eigenvalue weighted by molar-refractivity contribution is 5.94. The lowest BCUT2D eigenvalue weighted by atomic mass is 10.2. The van der Waals surface area contributed by atoms with Crippen LogP contribution in [0, 0.1) is 12.7 Å². The fourth-order valence-electron chi connectivity index (χ4n) is 2.25. The number of benzene rings is 2. The smallest absolute Gasteiger partial charge is 0.254 e. The maximum Gasteiger partial charge on any atom is 0.254 e. The molecule has 25 heavy (non-hydrogen) atoms. The summed E-state index contributed by atoms with van der Waals surface area (Å²) in [5, 5.41) is 17.2. The Balaban J connectivity index is 1.55. The van der Waals surface area contributed by atoms with Gasteiger partial charge in [-0.25, -0.2) is 4.39 Å². The summed E-state index contributed by atoms with van der Waals surface area (Å²) in [6, 6.07) is 13.6. The normalized spacial score (nSPS) is 10.5. The Labute approximate surface area is 143 Å². The van der Waals surface area contributed by atoms with Crippen LogP contribution in [0.15, 0.2) is 48.5 Å². The van der Waals surface area contributed by atoms with Gasteiger partial charge in [0.2, 0.25) is 5.95 Å². The van der Waals surface area contributed by atoms with Crippen LogP contribution in [-0.4, -0.2) is 39.2 Å². The number of halogens is 1. The lowest BCUT2D eigenvalue weighted by Gasteiger charge is -2.09. The number of nitrogens with one attached hydrogen (secondary N) is 2. The van der Waals surface area contributed by atoms with E-state index in [1.165, 1.54) is 12.1 Å². The van der Waals surface area contributed by atoms with Gasteiger partial charge in [0.1, 0.15) is 5.82 Å². The van der Waals surface area contributed by atoms with Gasteiger partial charge in [0.25, 0.3) is 5.91 Å². The largest absolute Gasteiger partial charge is 0.351 e. The van der Waals surface area contributed by atoms with E-state index < -0.39 is 11.7 Å². The molecule has 1 heterocycles. The monoisotopic (exact) mass is 340 g/mol. The zero-order valence-corrected chi connectivity index (χ0v) is 13.6. The third-order valence-electron chi connectivity index (χ3n) is 3.56. The molecule has 0 bridgehead atoms. The molecule has 128 valence electrons. The number of nitrogens with zero attached hydrogens (tertiary/aromatic N) is 4. The highest BCUT2D eigenvalue weighted by Crippen LogP contribution is 2.12. The zero-order valence-electron chi connectivity index (χ0n) is 13.6. The van der Waals surface area contributed by atoms with Crippen molar-refractivity contribution in [3.8, 4) is 5.69 Å². The quantitative estimate of drug-likeness (QED) is 0.670. The second-order valence-corrected chi connectivity index (χ2v) is 5.41. The molecule has 0 aliphatic carbocycles. The third kappa shape index (κ3) is 3.97. The summed E-state index contributed by atoms with van der Waals surface area (Å²) in [5.74, 6) is -0.543. The van der Waals surface area contributed by atoms with Gasteiger partial charge in [0.15, 0.2) is 0 Å². The van der Waals surface area contributed by atoms with Crippen LogP contribution in [0.25, 0.3) is 5.69 Å². The Hall–Kier alpha value is -3.29. The number of aromatic nitrogens is 4. The van der Waals surface area contributed by atoms with Crippen molar-refractivity contribution >= 4 is 11.9 Å². The molecule has 3 rings (SSSR count). The average molecular weight is 340 g/mol. The van der Waals surface area contributed by atoms with E-state index in [2.05, 4.69) is 26.2 Å². The first-order valence-electron chi connectivity index (χ1n) is 7.77. The van der Waals surface area contributed by atoms with Gasteiger partial charge in [-0.2, -0.15) is 4.68 Å². The van der Waals surface area contributed by atoms with E-state index in [9.17, 15) is 9.18 Å². The predicted octanol–water partition coefficient (Wildman–Crippen LogP) is 1.95. The summed E-state index contributed by atoms with van der Waals surface area (Å²) in [5.41, 5.74) is 1.99. The molecule has 8 heteroatoms. The Morgan fingerprint density at radius 1 is 1.12 bits per heavy atom. The molecule has 3 aromatic rings. The fourth-order valence-corrected chi connectivity index (χ4v) is 2.25. The molecular formula is C17H17FN6O. The lowest BCUT2D eigenvalue weighted by molar-refractivity contribution is 0.0951. The minimum atomic E-state index is -0.545. The molecule has 0 aliphatic heterocycles. The van der Waals surface area contributed by atoms with Crippen LogP contribution >= 0.6 is 0 Å². The van der Waals surface area contributed by atoms with Crippen molar-refractivity contribution < 1.29 is 9.18 Å². The molecular weight excluding hydrogens is 323 g/mol. The molecule has 2 aromatic carbocycles. The molecule has 0 radical (unpaired) electrons. The third-order valence-corrected chi connectivity index (χ3v) is 3.56. The molecule has 0 fully saturated rings. The van der Waals surface area contributed by atoms with E-state index >= 15 is 0 Å². The van der Waals surface area contributed by atoms with Crippen LogP contribution in [-0.2, 0) is 0 Å². The van der Waals surface area contributed by atoms with Crippen LogP contribution < -0.4 is 10.6 Å². The van der Waals surface area contributed by atoms with Gasteiger partial charge in [-0.15, -0.1) is 0 Å². The molecule has 0 atom stereocenters. The number of carbonyl (C=O) groups is 1. The second-order valence-electron chi connectivity index (χ2n) is 5.41. The Morgan fingerprint density at radius 3 is 2.64 bits per heavy atom. The molecule has 0 aliphatic rings. The highest BCUT2D eigenvalue weighted by atomic mass is 19.1. The van der Waals surface area contributed by atoms with E-state index in [0.29, 0.717) is 19.0 Å². The van der Waals surface area contributed by atoms with Gasteiger partial charge in [-0.05, 0) is 41.6 Å². The van der Waals surface area contributed by atoms with Gasteiger partial charge < -0.3 is 10.6 Å². The SMILES string of the molecule is Cc1ccc(-n2nnnc2NCCNC(=O)c2ccccc2F)cc1. The molecule has 0 saturated carbocycles. The van der Waals surface area contributed by atoms with E-state index in [0.717, 1.165) is 11.3 Å². The maximum absolute atomic E-state index is 13.5.